The molecule has 0 amide bonds. The third-order valence-electron chi connectivity index (χ3n) is 6.23. The lowest BCUT2D eigenvalue weighted by Crippen LogP contribution is -2.38. The van der Waals surface area contributed by atoms with E-state index in [1.165, 1.54) is 32.8 Å². The molecule has 4 nitrogen and oxygen atoms in total. The van der Waals surface area contributed by atoms with Crippen molar-refractivity contribution in [2.24, 2.45) is 17.3 Å². The van der Waals surface area contributed by atoms with Gasteiger partial charge in [0.1, 0.15) is 0 Å². The van der Waals surface area contributed by atoms with Gasteiger partial charge in [-0.15, -0.1) is 0 Å². The SMILES string of the molecule is CCCCCCC=C[C@H]1CC[C@H](O)[C@@H]1CCCCC(C)(C)C(OC)C(=O)O. The summed E-state index contributed by atoms with van der Waals surface area (Å²) < 4.78 is 5.17. The molecule has 0 bridgehead atoms. The van der Waals surface area contributed by atoms with Crippen LogP contribution in [0.4, 0.5) is 0 Å². The largest absolute Gasteiger partial charge is 0.479 e. The molecular formula is C23H42O4. The number of hydrogen-bond donors (Lipinski definition) is 2. The van der Waals surface area contributed by atoms with Gasteiger partial charge in [0, 0.05) is 12.5 Å². The Hall–Kier alpha value is -0.870. The summed E-state index contributed by atoms with van der Waals surface area (Å²) >= 11 is 0. The van der Waals surface area contributed by atoms with Crippen LogP contribution >= 0.6 is 0 Å². The molecule has 4 atom stereocenters. The highest BCUT2D eigenvalue weighted by Crippen LogP contribution is 2.38. The van der Waals surface area contributed by atoms with Gasteiger partial charge in [0.15, 0.2) is 6.10 Å². The quantitative estimate of drug-likeness (QED) is 0.304. The van der Waals surface area contributed by atoms with Crippen molar-refractivity contribution < 1.29 is 19.7 Å². The molecule has 1 rings (SSSR count). The Morgan fingerprint density at radius 1 is 1.19 bits per heavy atom. The van der Waals surface area contributed by atoms with Crippen LogP contribution in [-0.4, -0.2) is 35.5 Å². The van der Waals surface area contributed by atoms with E-state index in [4.69, 9.17) is 4.74 Å². The molecule has 1 aliphatic rings. The lowest BCUT2D eigenvalue weighted by Gasteiger charge is -2.30. The highest BCUT2D eigenvalue weighted by atomic mass is 16.5. The number of carboxylic acids is 1. The van der Waals surface area contributed by atoms with Gasteiger partial charge >= 0.3 is 5.97 Å². The molecular weight excluding hydrogens is 340 g/mol. The van der Waals surface area contributed by atoms with E-state index in [9.17, 15) is 15.0 Å². The van der Waals surface area contributed by atoms with Gasteiger partial charge in [0.05, 0.1) is 6.10 Å². The van der Waals surface area contributed by atoms with Crippen LogP contribution in [0.25, 0.3) is 0 Å². The zero-order chi connectivity index (χ0) is 20.3. The molecule has 0 aliphatic heterocycles. The summed E-state index contributed by atoms with van der Waals surface area (Å²) in [6.07, 6.45) is 15.9. The first-order valence-corrected chi connectivity index (χ1v) is 10.9. The number of aliphatic hydroxyl groups is 1. The number of carboxylic acid groups (broad SMARTS) is 1. The minimum atomic E-state index is -0.891. The third kappa shape index (κ3) is 8.35. The van der Waals surface area contributed by atoms with E-state index in [0.29, 0.717) is 11.8 Å². The van der Waals surface area contributed by atoms with Crippen LogP contribution in [0.3, 0.4) is 0 Å². The Labute approximate surface area is 166 Å². The number of ether oxygens (including phenoxy) is 1. The molecule has 27 heavy (non-hydrogen) atoms. The number of methoxy groups -OCH3 is 1. The molecule has 0 spiro atoms. The highest BCUT2D eigenvalue weighted by Gasteiger charge is 2.36. The van der Waals surface area contributed by atoms with Gasteiger partial charge in [-0.05, 0) is 50.4 Å². The van der Waals surface area contributed by atoms with Gasteiger partial charge in [-0.25, -0.2) is 4.79 Å². The fraction of sp³-hybridized carbons (Fsp3) is 0.870. The van der Waals surface area contributed by atoms with Crippen molar-refractivity contribution >= 4 is 5.97 Å². The molecule has 1 aliphatic carbocycles. The van der Waals surface area contributed by atoms with Gasteiger partial charge in [0.2, 0.25) is 0 Å². The van der Waals surface area contributed by atoms with Gasteiger partial charge < -0.3 is 14.9 Å². The molecule has 158 valence electrons. The Morgan fingerprint density at radius 3 is 2.56 bits per heavy atom. The van der Waals surface area contributed by atoms with Gasteiger partial charge in [-0.1, -0.05) is 65.0 Å². The summed E-state index contributed by atoms with van der Waals surface area (Å²) in [7, 11) is 1.47. The van der Waals surface area contributed by atoms with Crippen LogP contribution in [0.1, 0.15) is 91.4 Å². The molecule has 0 aromatic heterocycles. The van der Waals surface area contributed by atoms with E-state index >= 15 is 0 Å². The van der Waals surface area contributed by atoms with Crippen molar-refractivity contribution in [3.8, 4) is 0 Å². The zero-order valence-corrected chi connectivity index (χ0v) is 18.0. The molecule has 1 unspecified atom stereocenters. The van der Waals surface area contributed by atoms with Crippen molar-refractivity contribution in [3.05, 3.63) is 12.2 Å². The summed E-state index contributed by atoms with van der Waals surface area (Å²) in [6.45, 7) is 6.16. The average Bonchev–Trinajstić information content (AvgIpc) is 2.95. The first-order chi connectivity index (χ1) is 12.8. The average molecular weight is 383 g/mol. The number of aliphatic hydroxyl groups excluding tert-OH is 1. The van der Waals surface area contributed by atoms with Crippen molar-refractivity contribution in [2.45, 2.75) is 104 Å². The van der Waals surface area contributed by atoms with E-state index in [1.54, 1.807) is 0 Å². The summed E-state index contributed by atoms with van der Waals surface area (Å²) in [5.41, 5.74) is -0.382. The minimum Gasteiger partial charge on any atom is -0.479 e. The number of carbonyl (C=O) groups is 1. The normalized spacial score (nSPS) is 24.6. The summed E-state index contributed by atoms with van der Waals surface area (Å²) in [5, 5.41) is 19.7. The predicted octanol–water partition coefficient (Wildman–Crippen LogP) is 5.59. The smallest absolute Gasteiger partial charge is 0.333 e. The predicted molar refractivity (Wildman–Crippen MR) is 111 cm³/mol. The van der Waals surface area contributed by atoms with Crippen LogP contribution in [-0.2, 0) is 9.53 Å². The van der Waals surface area contributed by atoms with E-state index in [0.717, 1.165) is 44.9 Å². The van der Waals surface area contributed by atoms with Gasteiger partial charge in [0.25, 0.3) is 0 Å². The Balaban J connectivity index is 2.38. The molecule has 0 heterocycles. The first-order valence-electron chi connectivity index (χ1n) is 10.9. The van der Waals surface area contributed by atoms with E-state index < -0.39 is 12.1 Å². The highest BCUT2D eigenvalue weighted by molar-refractivity contribution is 5.73. The number of rotatable bonds is 14. The van der Waals surface area contributed by atoms with E-state index in [-0.39, 0.29) is 11.5 Å². The van der Waals surface area contributed by atoms with Crippen LogP contribution in [0, 0.1) is 17.3 Å². The maximum absolute atomic E-state index is 11.3. The summed E-state index contributed by atoms with van der Waals surface area (Å²) in [4.78, 5) is 11.3. The van der Waals surface area contributed by atoms with Crippen LogP contribution in [0.2, 0.25) is 0 Å². The zero-order valence-electron chi connectivity index (χ0n) is 18.0. The minimum absolute atomic E-state index is 0.182. The fourth-order valence-corrected chi connectivity index (χ4v) is 4.53. The maximum Gasteiger partial charge on any atom is 0.333 e. The topological polar surface area (TPSA) is 66.8 Å². The van der Waals surface area contributed by atoms with Gasteiger partial charge in [-0.3, -0.25) is 0 Å². The fourth-order valence-electron chi connectivity index (χ4n) is 4.53. The molecule has 1 fully saturated rings. The first kappa shape index (κ1) is 24.2. The molecule has 1 saturated carbocycles. The number of aliphatic carboxylic acids is 1. The number of hydrogen-bond acceptors (Lipinski definition) is 3. The third-order valence-corrected chi connectivity index (χ3v) is 6.23. The maximum atomic E-state index is 11.3. The van der Waals surface area contributed by atoms with Crippen molar-refractivity contribution in [1.82, 2.24) is 0 Å². The van der Waals surface area contributed by atoms with Gasteiger partial charge in [-0.2, -0.15) is 0 Å². The second-order valence-corrected chi connectivity index (χ2v) is 8.94. The second-order valence-electron chi connectivity index (χ2n) is 8.94. The van der Waals surface area contributed by atoms with E-state index in [2.05, 4.69) is 19.1 Å². The van der Waals surface area contributed by atoms with Crippen molar-refractivity contribution in [3.63, 3.8) is 0 Å². The monoisotopic (exact) mass is 382 g/mol. The Kier molecular flexibility index (Phi) is 11.2. The Bertz CT molecular complexity index is 444. The lowest BCUT2D eigenvalue weighted by molar-refractivity contribution is -0.156. The number of allylic oxidation sites excluding steroid dienone is 2. The number of unbranched alkanes of at least 4 members (excludes halogenated alkanes) is 5. The Morgan fingerprint density at radius 2 is 1.93 bits per heavy atom. The van der Waals surface area contributed by atoms with Crippen molar-refractivity contribution in [2.75, 3.05) is 7.11 Å². The lowest BCUT2D eigenvalue weighted by atomic mass is 9.80. The molecule has 0 aromatic rings. The van der Waals surface area contributed by atoms with Crippen molar-refractivity contribution in [1.29, 1.82) is 0 Å². The molecule has 4 heteroatoms. The second kappa shape index (κ2) is 12.6. The molecule has 0 radical (unpaired) electrons. The van der Waals surface area contributed by atoms with Crippen LogP contribution < -0.4 is 0 Å². The van der Waals surface area contributed by atoms with E-state index in [1.807, 2.05) is 13.8 Å². The summed E-state index contributed by atoms with van der Waals surface area (Å²) in [5.74, 6) is -0.0273. The van der Waals surface area contributed by atoms with Crippen LogP contribution in [0.15, 0.2) is 12.2 Å². The standard InChI is InChI=1S/C23H42O4/c1-5-6-7-8-9-10-13-18-15-16-20(24)19(18)14-11-12-17-23(2,3)21(27-4)22(25)26/h10,13,18-21,24H,5-9,11-12,14-17H2,1-4H3,(H,25,26)/t18-,19+,20-,21?/m0/s1. The summed E-state index contributed by atoms with van der Waals surface area (Å²) in [6, 6.07) is 0. The molecule has 2 N–H and O–H groups in total. The molecule has 0 saturated heterocycles. The molecule has 0 aromatic carbocycles. The van der Waals surface area contributed by atoms with Crippen LogP contribution in [0.5, 0.6) is 0 Å².